The topological polar surface area (TPSA) is 46.2 Å². The van der Waals surface area contributed by atoms with E-state index in [2.05, 4.69) is 255 Å². The van der Waals surface area contributed by atoms with E-state index in [9.17, 15) is 0 Å². The monoisotopic (exact) mass is 972 g/mol. The smallest absolute Gasteiger partial charge is 0.149 e. The van der Waals surface area contributed by atoms with E-state index in [0.29, 0.717) is 26.4 Å². The van der Waals surface area contributed by atoms with E-state index in [1.165, 1.54) is 0 Å². The Morgan fingerprint density at radius 2 is 0.667 bits per heavy atom. The van der Waals surface area contributed by atoms with Crippen LogP contribution in [0.3, 0.4) is 0 Å². The highest BCUT2D eigenvalue weighted by Crippen LogP contribution is 2.46. The molecule has 0 radical (unpaired) electrons. The summed E-state index contributed by atoms with van der Waals surface area (Å²) in [5.74, 6) is 3.05. The zero-order chi connectivity index (χ0) is 49.9. The fraction of sp³-hybridized carbons (Fsp3) is 0.0857. The van der Waals surface area contributed by atoms with Crippen molar-refractivity contribution < 1.29 is 23.7 Å². The molecule has 2 atom stereocenters. The number of benzene rings is 12. The van der Waals surface area contributed by atoms with Crippen LogP contribution in [0.4, 0.5) is 0 Å². The van der Waals surface area contributed by atoms with Crippen LogP contribution >= 0.6 is 0 Å². The highest BCUT2D eigenvalue weighted by molar-refractivity contribution is 6.09. The van der Waals surface area contributed by atoms with Gasteiger partial charge < -0.3 is 23.7 Å². The molecule has 362 valence electrons. The molecule has 0 N–H and O–H groups in total. The van der Waals surface area contributed by atoms with Gasteiger partial charge >= 0.3 is 0 Å². The third-order valence-corrected chi connectivity index (χ3v) is 14.4. The maximum Gasteiger partial charge on any atom is 0.149 e. The van der Waals surface area contributed by atoms with Crippen molar-refractivity contribution in [1.82, 2.24) is 0 Å². The van der Waals surface area contributed by atoms with Gasteiger partial charge in [-0.2, -0.15) is 0 Å². The predicted molar refractivity (Wildman–Crippen MR) is 305 cm³/mol. The molecular weight excluding hydrogens is 921 g/mol. The molecule has 0 spiro atoms. The lowest BCUT2D eigenvalue weighted by molar-refractivity contribution is 0.0767. The summed E-state index contributed by atoms with van der Waals surface area (Å²) in [6.07, 6.45) is -0.861. The molecule has 5 nitrogen and oxygen atoms in total. The first-order valence-corrected chi connectivity index (χ1v) is 25.8. The molecule has 1 aliphatic rings. The highest BCUT2D eigenvalue weighted by Gasteiger charge is 2.24. The van der Waals surface area contributed by atoms with Crippen molar-refractivity contribution >= 4 is 43.1 Å². The quantitative estimate of drug-likeness (QED) is 0.173. The second-order valence-electron chi connectivity index (χ2n) is 19.1. The summed E-state index contributed by atoms with van der Waals surface area (Å²) >= 11 is 0. The van der Waals surface area contributed by atoms with Gasteiger partial charge in [-0.1, -0.05) is 206 Å². The third-order valence-electron chi connectivity index (χ3n) is 14.4. The van der Waals surface area contributed by atoms with Crippen molar-refractivity contribution in [2.75, 3.05) is 26.4 Å². The molecule has 1 aliphatic heterocycles. The Balaban J connectivity index is 0.979. The van der Waals surface area contributed by atoms with Crippen LogP contribution in [0.15, 0.2) is 255 Å². The molecule has 8 bridgehead atoms. The molecule has 12 aromatic carbocycles. The molecule has 13 rings (SSSR count). The third kappa shape index (κ3) is 9.20. The van der Waals surface area contributed by atoms with Crippen molar-refractivity contribution in [2.45, 2.75) is 12.2 Å². The molecule has 0 saturated carbocycles. The fourth-order valence-corrected chi connectivity index (χ4v) is 10.9. The second kappa shape index (κ2) is 20.4. The number of ether oxygens (including phenoxy) is 5. The minimum atomic E-state index is -0.430. The second-order valence-corrected chi connectivity index (χ2v) is 19.1. The summed E-state index contributed by atoms with van der Waals surface area (Å²) in [5.41, 5.74) is 10.4. The maximum absolute atomic E-state index is 7.32. The molecule has 0 unspecified atom stereocenters. The van der Waals surface area contributed by atoms with Crippen molar-refractivity contribution in [2.24, 2.45) is 0 Å². The van der Waals surface area contributed by atoms with E-state index in [1.54, 1.807) is 0 Å². The first-order chi connectivity index (χ1) is 37.2. The number of fused-ring (bicyclic) bond motifs is 21. The highest BCUT2D eigenvalue weighted by atomic mass is 16.5. The predicted octanol–water partition coefficient (Wildman–Crippen LogP) is 17.4. The van der Waals surface area contributed by atoms with Crippen LogP contribution in [0.25, 0.3) is 76.5 Å². The van der Waals surface area contributed by atoms with E-state index in [1.807, 2.05) is 0 Å². The summed E-state index contributed by atoms with van der Waals surface area (Å²) in [6, 6.07) is 89.7. The van der Waals surface area contributed by atoms with Gasteiger partial charge in [0.25, 0.3) is 0 Å². The van der Waals surface area contributed by atoms with Crippen LogP contribution in [0.1, 0.15) is 34.5 Å². The fourth-order valence-electron chi connectivity index (χ4n) is 10.9. The summed E-state index contributed by atoms with van der Waals surface area (Å²) < 4.78 is 34.4. The molecule has 0 fully saturated rings. The largest absolute Gasteiger partial charge is 0.491 e. The van der Waals surface area contributed by atoms with Crippen molar-refractivity contribution in [3.63, 3.8) is 0 Å². The van der Waals surface area contributed by atoms with Crippen LogP contribution in [0.2, 0.25) is 0 Å². The zero-order valence-corrected chi connectivity index (χ0v) is 41.3. The Morgan fingerprint density at radius 3 is 1.12 bits per heavy atom. The van der Waals surface area contributed by atoms with Gasteiger partial charge in [0.2, 0.25) is 0 Å². The van der Waals surface area contributed by atoms with E-state index < -0.39 is 12.2 Å². The van der Waals surface area contributed by atoms with Gasteiger partial charge in [-0.3, -0.25) is 0 Å². The average Bonchev–Trinajstić information content (AvgIpc) is 3.47. The van der Waals surface area contributed by atoms with Crippen molar-refractivity contribution in [3.8, 4) is 56.4 Å². The summed E-state index contributed by atoms with van der Waals surface area (Å²) in [5, 5.41) is 8.77. The Labute approximate surface area is 436 Å². The van der Waals surface area contributed by atoms with E-state index >= 15 is 0 Å². The van der Waals surface area contributed by atoms with Gasteiger partial charge in [0.15, 0.2) is 0 Å². The molecule has 0 aromatic heterocycles. The van der Waals surface area contributed by atoms with Gasteiger partial charge in [-0.05, 0) is 136 Å². The first-order valence-electron chi connectivity index (χ1n) is 25.8. The maximum atomic E-state index is 7.32. The van der Waals surface area contributed by atoms with Crippen molar-refractivity contribution in [3.05, 3.63) is 277 Å². The molecule has 5 heteroatoms. The lowest BCUT2D eigenvalue weighted by Crippen LogP contribution is -2.13. The van der Waals surface area contributed by atoms with Gasteiger partial charge in [0.05, 0.1) is 13.2 Å². The lowest BCUT2D eigenvalue weighted by Gasteiger charge is -2.23. The summed E-state index contributed by atoms with van der Waals surface area (Å²) in [7, 11) is 0. The van der Waals surface area contributed by atoms with Gasteiger partial charge in [0, 0.05) is 11.1 Å². The first kappa shape index (κ1) is 45.7. The van der Waals surface area contributed by atoms with Gasteiger partial charge in [-0.15, -0.1) is 0 Å². The van der Waals surface area contributed by atoms with Crippen molar-refractivity contribution in [1.29, 1.82) is 0 Å². The van der Waals surface area contributed by atoms with E-state index in [0.717, 1.165) is 122 Å². The lowest BCUT2D eigenvalue weighted by atomic mass is 9.92. The molecule has 1 heterocycles. The van der Waals surface area contributed by atoms with Crippen LogP contribution in [0, 0.1) is 0 Å². The molecule has 75 heavy (non-hydrogen) atoms. The minimum absolute atomic E-state index is 0.346. The van der Waals surface area contributed by atoms with Crippen LogP contribution in [0.5, 0.6) is 23.0 Å². The molecule has 12 aromatic rings. The summed E-state index contributed by atoms with van der Waals surface area (Å²) in [4.78, 5) is 0. The number of hydrogen-bond donors (Lipinski definition) is 0. The Kier molecular flexibility index (Phi) is 12.4. The normalized spacial score (nSPS) is 15.1. The van der Waals surface area contributed by atoms with Gasteiger partial charge in [0.1, 0.15) is 48.4 Å². The van der Waals surface area contributed by atoms with Gasteiger partial charge in [-0.25, -0.2) is 0 Å². The van der Waals surface area contributed by atoms with Crippen LogP contribution in [-0.4, -0.2) is 26.4 Å². The molecular formula is C70H52O5. The van der Waals surface area contributed by atoms with Crippen LogP contribution < -0.4 is 18.9 Å². The molecule has 0 saturated heterocycles. The van der Waals surface area contributed by atoms with E-state index in [4.69, 9.17) is 23.7 Å². The van der Waals surface area contributed by atoms with Crippen LogP contribution in [-0.2, 0) is 4.74 Å². The number of rotatable bonds is 2. The Hall–Kier alpha value is -9.16. The molecule has 0 amide bonds. The number of hydrogen-bond acceptors (Lipinski definition) is 5. The summed E-state index contributed by atoms with van der Waals surface area (Å²) in [6.45, 7) is 1.44. The average molecular weight is 973 g/mol. The zero-order valence-electron chi connectivity index (χ0n) is 41.3. The molecule has 0 aliphatic carbocycles. The minimum Gasteiger partial charge on any atom is -0.491 e. The Bertz CT molecular complexity index is 3760. The Morgan fingerprint density at radius 1 is 0.280 bits per heavy atom. The standard InChI is InChI=1S/C70H52O5/c1-3-19-49(20-4-1)69-55-27-15-25-51(41-55)52-26-16-28-56(42-52)70(50-21-5-2-6-22-50)75-58-44-54-24-10-12-30-60(54)64(46-58)68-62-32-14-8-18-48(62)34-36-66(68)73-40-38-71-37-39-72-65-35-33-47-17-7-13-31-61(47)67(65)63-45-57(74-69)43-53-23-9-11-29-59(53)63/h1-36,41-46,69-70H,37-40H2/t69-,70-/m1/s1. The SMILES string of the molecule is c1ccc([C@H]2Oc3cc(c4ccccc4c3)-c3c(ccc4ccccc34)OCCOCCOc3ccc4ccccc4c3-c3cc(cc4ccccc34)O[C@H](c3ccccc3)c3cccc(c3)-c3cccc2c3)cc1. The van der Waals surface area contributed by atoms with E-state index in [-0.39, 0.29) is 0 Å².